The molecular formula is C12H4Cl3F4N. The third kappa shape index (κ3) is 2.85. The molecule has 0 saturated carbocycles. The SMILES string of the molecule is Fc1c(-c2c(Cl)cc(Cl)cc2Cl)ccnc1C(F)(F)F. The number of aromatic nitrogens is 1. The molecule has 2 rings (SSSR count). The van der Waals surface area contributed by atoms with Crippen LogP contribution < -0.4 is 0 Å². The number of benzene rings is 1. The highest BCUT2D eigenvalue weighted by molar-refractivity contribution is 6.41. The Morgan fingerprint density at radius 1 is 1.00 bits per heavy atom. The average molecular weight is 345 g/mol. The smallest absolute Gasteiger partial charge is 0.249 e. The van der Waals surface area contributed by atoms with Crippen LogP contribution in [0.1, 0.15) is 5.69 Å². The average Bonchev–Trinajstić information content (AvgIpc) is 2.28. The van der Waals surface area contributed by atoms with Gasteiger partial charge in [-0.15, -0.1) is 0 Å². The van der Waals surface area contributed by atoms with Crippen LogP contribution in [0, 0.1) is 5.82 Å². The summed E-state index contributed by atoms with van der Waals surface area (Å²) in [7, 11) is 0. The second kappa shape index (κ2) is 5.39. The third-order valence-corrected chi connectivity index (χ3v) is 3.25. The Balaban J connectivity index is 2.72. The van der Waals surface area contributed by atoms with Gasteiger partial charge in [0.25, 0.3) is 0 Å². The Morgan fingerprint density at radius 2 is 1.55 bits per heavy atom. The third-order valence-electron chi connectivity index (χ3n) is 2.43. The molecule has 0 bridgehead atoms. The van der Waals surface area contributed by atoms with Gasteiger partial charge < -0.3 is 0 Å². The molecule has 106 valence electrons. The molecule has 8 heteroatoms. The van der Waals surface area contributed by atoms with Gasteiger partial charge in [-0.25, -0.2) is 9.37 Å². The molecule has 0 aliphatic rings. The molecule has 0 saturated heterocycles. The van der Waals surface area contributed by atoms with Crippen molar-refractivity contribution in [3.63, 3.8) is 0 Å². The van der Waals surface area contributed by atoms with Crippen LogP contribution in [0.5, 0.6) is 0 Å². The predicted octanol–water partition coefficient (Wildman–Crippen LogP) is 5.87. The molecule has 0 aliphatic heterocycles. The van der Waals surface area contributed by atoms with Gasteiger partial charge in [-0.1, -0.05) is 34.8 Å². The van der Waals surface area contributed by atoms with Crippen molar-refractivity contribution in [2.75, 3.05) is 0 Å². The van der Waals surface area contributed by atoms with E-state index in [1.807, 2.05) is 0 Å². The molecule has 0 unspecified atom stereocenters. The van der Waals surface area contributed by atoms with Crippen LogP contribution in [0.2, 0.25) is 15.1 Å². The van der Waals surface area contributed by atoms with Crippen LogP contribution in [-0.2, 0) is 6.18 Å². The maximum absolute atomic E-state index is 14.0. The summed E-state index contributed by atoms with van der Waals surface area (Å²) < 4.78 is 51.8. The minimum absolute atomic E-state index is 0.0549. The topological polar surface area (TPSA) is 12.9 Å². The Hall–Kier alpha value is -1.04. The number of alkyl halides is 3. The molecule has 20 heavy (non-hydrogen) atoms. The first-order valence-corrected chi connectivity index (χ1v) is 6.22. The van der Waals surface area contributed by atoms with Gasteiger partial charge in [-0.05, 0) is 18.2 Å². The van der Waals surface area contributed by atoms with Gasteiger partial charge in [0.1, 0.15) is 0 Å². The van der Waals surface area contributed by atoms with E-state index in [4.69, 9.17) is 34.8 Å². The van der Waals surface area contributed by atoms with Crippen molar-refractivity contribution < 1.29 is 17.6 Å². The molecular weight excluding hydrogens is 340 g/mol. The second-order valence-corrected chi connectivity index (χ2v) is 5.01. The monoisotopic (exact) mass is 343 g/mol. The molecule has 1 aromatic heterocycles. The molecule has 0 N–H and O–H groups in total. The van der Waals surface area contributed by atoms with Gasteiger partial charge in [0.15, 0.2) is 11.5 Å². The van der Waals surface area contributed by atoms with Crippen molar-refractivity contribution in [3.05, 3.63) is 51.0 Å². The van der Waals surface area contributed by atoms with E-state index >= 15 is 0 Å². The summed E-state index contributed by atoms with van der Waals surface area (Å²) >= 11 is 17.4. The highest BCUT2D eigenvalue weighted by Gasteiger charge is 2.37. The van der Waals surface area contributed by atoms with Gasteiger partial charge in [0, 0.05) is 22.3 Å². The highest BCUT2D eigenvalue weighted by Crippen LogP contribution is 2.40. The zero-order valence-electron chi connectivity index (χ0n) is 9.40. The zero-order chi connectivity index (χ0) is 15.1. The molecule has 0 aliphatic carbocycles. The minimum Gasteiger partial charge on any atom is -0.249 e. The van der Waals surface area contributed by atoms with E-state index < -0.39 is 17.7 Å². The van der Waals surface area contributed by atoms with E-state index in [9.17, 15) is 17.6 Å². The van der Waals surface area contributed by atoms with Crippen molar-refractivity contribution in [2.24, 2.45) is 0 Å². The molecule has 0 atom stereocenters. The van der Waals surface area contributed by atoms with Crippen molar-refractivity contribution in [1.29, 1.82) is 0 Å². The number of rotatable bonds is 1. The van der Waals surface area contributed by atoms with E-state index in [1.165, 1.54) is 12.1 Å². The number of hydrogen-bond acceptors (Lipinski definition) is 1. The molecule has 1 nitrogen and oxygen atoms in total. The van der Waals surface area contributed by atoms with Crippen LogP contribution in [0.3, 0.4) is 0 Å². The fourth-order valence-electron chi connectivity index (χ4n) is 1.63. The Labute approximate surface area is 126 Å². The standard InChI is InChI=1S/C12H4Cl3F4N/c13-5-3-7(14)9(8(15)4-5)6-1-2-20-11(10(6)16)12(17,18)19/h1-4H. The van der Waals surface area contributed by atoms with Crippen LogP contribution in [0.4, 0.5) is 17.6 Å². The van der Waals surface area contributed by atoms with E-state index in [0.717, 1.165) is 12.3 Å². The van der Waals surface area contributed by atoms with E-state index in [1.54, 1.807) is 0 Å². The summed E-state index contributed by atoms with van der Waals surface area (Å²) in [4.78, 5) is 3.00. The van der Waals surface area contributed by atoms with Gasteiger partial charge in [0.2, 0.25) is 0 Å². The summed E-state index contributed by atoms with van der Waals surface area (Å²) in [6.45, 7) is 0. The van der Waals surface area contributed by atoms with Crippen LogP contribution in [0.25, 0.3) is 11.1 Å². The first-order chi connectivity index (χ1) is 9.21. The number of hydrogen-bond donors (Lipinski definition) is 0. The maximum atomic E-state index is 14.0. The quantitative estimate of drug-likeness (QED) is 0.590. The lowest BCUT2D eigenvalue weighted by molar-refractivity contribution is -0.143. The summed E-state index contributed by atoms with van der Waals surface area (Å²) in [5.74, 6) is -1.54. The minimum atomic E-state index is -4.91. The van der Waals surface area contributed by atoms with Crippen LogP contribution >= 0.6 is 34.8 Å². The molecule has 1 heterocycles. The molecule has 1 aromatic carbocycles. The van der Waals surface area contributed by atoms with Crippen molar-refractivity contribution in [2.45, 2.75) is 6.18 Å². The van der Waals surface area contributed by atoms with Gasteiger partial charge in [-0.2, -0.15) is 13.2 Å². The zero-order valence-corrected chi connectivity index (χ0v) is 11.7. The lowest BCUT2D eigenvalue weighted by Gasteiger charge is -2.12. The van der Waals surface area contributed by atoms with Gasteiger partial charge >= 0.3 is 6.18 Å². The number of halogens is 7. The van der Waals surface area contributed by atoms with E-state index in [2.05, 4.69) is 4.98 Å². The molecule has 0 amide bonds. The fourth-order valence-corrected chi connectivity index (χ4v) is 2.65. The van der Waals surface area contributed by atoms with Crippen molar-refractivity contribution >= 4 is 34.8 Å². The summed E-state index contributed by atoms with van der Waals surface area (Å²) in [5, 5.41) is 0.0794. The first kappa shape index (κ1) is 15.4. The summed E-state index contributed by atoms with van der Waals surface area (Å²) in [5.41, 5.74) is -2.08. The summed E-state index contributed by atoms with van der Waals surface area (Å²) in [6, 6.07) is 3.58. The largest absolute Gasteiger partial charge is 0.436 e. The number of nitrogens with zero attached hydrogens (tertiary/aromatic N) is 1. The van der Waals surface area contributed by atoms with Crippen LogP contribution in [-0.4, -0.2) is 4.98 Å². The lowest BCUT2D eigenvalue weighted by atomic mass is 10.0. The van der Waals surface area contributed by atoms with Crippen molar-refractivity contribution in [3.8, 4) is 11.1 Å². The Morgan fingerprint density at radius 3 is 2.05 bits per heavy atom. The van der Waals surface area contributed by atoms with E-state index in [0.29, 0.717) is 0 Å². The Kier molecular flexibility index (Phi) is 4.14. The number of pyridine rings is 1. The van der Waals surface area contributed by atoms with Gasteiger partial charge in [-0.3, -0.25) is 0 Å². The van der Waals surface area contributed by atoms with Crippen molar-refractivity contribution in [1.82, 2.24) is 4.98 Å². The Bertz CT molecular complexity index is 647. The maximum Gasteiger partial charge on any atom is 0.436 e. The predicted molar refractivity (Wildman–Crippen MR) is 69.7 cm³/mol. The highest BCUT2D eigenvalue weighted by atomic mass is 35.5. The first-order valence-electron chi connectivity index (χ1n) is 5.08. The fraction of sp³-hybridized carbons (Fsp3) is 0.0833. The second-order valence-electron chi connectivity index (χ2n) is 3.76. The van der Waals surface area contributed by atoms with Gasteiger partial charge in [0.05, 0.1) is 10.0 Å². The van der Waals surface area contributed by atoms with E-state index in [-0.39, 0.29) is 26.2 Å². The molecule has 0 radical (unpaired) electrons. The van der Waals surface area contributed by atoms with Crippen LogP contribution in [0.15, 0.2) is 24.4 Å². The molecule has 0 spiro atoms. The summed E-state index contributed by atoms with van der Waals surface area (Å²) in [6.07, 6.45) is -4.08. The lowest BCUT2D eigenvalue weighted by Crippen LogP contribution is -2.11. The normalized spacial score (nSPS) is 11.8. The molecule has 2 aromatic rings. The molecule has 0 fully saturated rings.